The largest absolute Gasteiger partial charge is 0.363 e. The number of nitrogens with zero attached hydrogens (tertiary/aromatic N) is 2. The number of hydrogen-bond donors (Lipinski definition) is 1. The van der Waals surface area contributed by atoms with E-state index in [2.05, 4.69) is 33.5 Å². The number of benzene rings is 1. The van der Waals surface area contributed by atoms with Crippen molar-refractivity contribution in [3.63, 3.8) is 0 Å². The maximum atomic E-state index is 13.0. The molecule has 0 saturated carbocycles. The SMILES string of the molecule is Fc1cc(NC2CCCc3ccccc32)ncn1. The summed E-state index contributed by atoms with van der Waals surface area (Å²) in [5.41, 5.74) is 2.67. The van der Waals surface area contributed by atoms with Gasteiger partial charge in [0.2, 0.25) is 5.95 Å². The number of halogens is 1. The molecule has 1 aromatic carbocycles. The first-order valence-electron chi connectivity index (χ1n) is 6.15. The van der Waals surface area contributed by atoms with Gasteiger partial charge in [0.05, 0.1) is 6.04 Å². The van der Waals surface area contributed by atoms with E-state index < -0.39 is 5.95 Å². The van der Waals surface area contributed by atoms with Gasteiger partial charge in [-0.3, -0.25) is 0 Å². The summed E-state index contributed by atoms with van der Waals surface area (Å²) in [5, 5.41) is 3.29. The lowest BCUT2D eigenvalue weighted by molar-refractivity contribution is 0.574. The Morgan fingerprint density at radius 2 is 2.11 bits per heavy atom. The fraction of sp³-hybridized carbons (Fsp3) is 0.286. The molecule has 1 atom stereocenters. The van der Waals surface area contributed by atoms with Gasteiger partial charge < -0.3 is 5.32 Å². The number of anilines is 1. The smallest absolute Gasteiger partial charge is 0.217 e. The predicted octanol–water partition coefficient (Wildman–Crippen LogP) is 3.11. The van der Waals surface area contributed by atoms with Gasteiger partial charge in [-0.1, -0.05) is 24.3 Å². The van der Waals surface area contributed by atoms with Crippen LogP contribution in [-0.2, 0) is 6.42 Å². The van der Waals surface area contributed by atoms with Crippen LogP contribution in [0.25, 0.3) is 0 Å². The van der Waals surface area contributed by atoms with Gasteiger partial charge in [-0.05, 0) is 30.4 Å². The molecule has 18 heavy (non-hydrogen) atoms. The topological polar surface area (TPSA) is 37.8 Å². The molecule has 1 aliphatic carbocycles. The number of hydrogen-bond acceptors (Lipinski definition) is 3. The summed E-state index contributed by atoms with van der Waals surface area (Å²) in [5.74, 6) is 0.0424. The zero-order chi connectivity index (χ0) is 12.4. The van der Waals surface area contributed by atoms with Crippen LogP contribution in [0.4, 0.5) is 10.2 Å². The van der Waals surface area contributed by atoms with E-state index in [1.54, 1.807) is 0 Å². The van der Waals surface area contributed by atoms with Crippen LogP contribution >= 0.6 is 0 Å². The highest BCUT2D eigenvalue weighted by Crippen LogP contribution is 2.31. The molecule has 2 aromatic rings. The molecule has 0 radical (unpaired) electrons. The molecule has 1 unspecified atom stereocenters. The zero-order valence-corrected chi connectivity index (χ0v) is 9.94. The average Bonchev–Trinajstić information content (AvgIpc) is 2.39. The van der Waals surface area contributed by atoms with E-state index in [0.717, 1.165) is 19.3 Å². The van der Waals surface area contributed by atoms with Gasteiger partial charge in [0.15, 0.2) is 0 Å². The molecule has 0 aliphatic heterocycles. The molecule has 1 aliphatic rings. The summed E-state index contributed by atoms with van der Waals surface area (Å²) in [4.78, 5) is 7.50. The Morgan fingerprint density at radius 3 is 3.00 bits per heavy atom. The summed E-state index contributed by atoms with van der Waals surface area (Å²) >= 11 is 0. The quantitative estimate of drug-likeness (QED) is 0.823. The first-order valence-corrected chi connectivity index (χ1v) is 6.15. The molecule has 1 aromatic heterocycles. The zero-order valence-electron chi connectivity index (χ0n) is 9.94. The molecule has 0 amide bonds. The monoisotopic (exact) mass is 243 g/mol. The van der Waals surface area contributed by atoms with Gasteiger partial charge >= 0.3 is 0 Å². The number of rotatable bonds is 2. The van der Waals surface area contributed by atoms with Crippen molar-refractivity contribution >= 4 is 5.82 Å². The van der Waals surface area contributed by atoms with Crippen LogP contribution in [0.1, 0.15) is 30.0 Å². The Labute approximate surface area is 105 Å². The molecule has 0 fully saturated rings. The fourth-order valence-electron chi connectivity index (χ4n) is 2.49. The van der Waals surface area contributed by atoms with Crippen molar-refractivity contribution in [1.29, 1.82) is 0 Å². The molecule has 0 saturated heterocycles. The highest BCUT2D eigenvalue weighted by Gasteiger charge is 2.19. The normalized spacial score (nSPS) is 18.2. The molecule has 0 spiro atoms. The molecule has 1 heterocycles. The van der Waals surface area contributed by atoms with Gasteiger partial charge in [-0.15, -0.1) is 0 Å². The summed E-state index contributed by atoms with van der Waals surface area (Å²) in [7, 11) is 0. The van der Waals surface area contributed by atoms with Crippen molar-refractivity contribution in [3.05, 3.63) is 53.7 Å². The van der Waals surface area contributed by atoms with Crippen LogP contribution in [0, 0.1) is 5.95 Å². The van der Waals surface area contributed by atoms with Crippen LogP contribution in [-0.4, -0.2) is 9.97 Å². The van der Waals surface area contributed by atoms with Crippen molar-refractivity contribution < 1.29 is 4.39 Å². The highest BCUT2D eigenvalue weighted by molar-refractivity contribution is 5.41. The van der Waals surface area contributed by atoms with E-state index in [0.29, 0.717) is 5.82 Å². The Balaban J connectivity index is 1.86. The second-order valence-electron chi connectivity index (χ2n) is 4.51. The van der Waals surface area contributed by atoms with Crippen LogP contribution in [0.2, 0.25) is 0 Å². The molecule has 3 nitrogen and oxygen atoms in total. The van der Waals surface area contributed by atoms with Gasteiger partial charge in [-0.2, -0.15) is 4.39 Å². The third-order valence-corrected chi connectivity index (χ3v) is 3.33. The number of fused-ring (bicyclic) bond motifs is 1. The van der Waals surface area contributed by atoms with E-state index in [1.807, 2.05) is 6.07 Å². The second-order valence-corrected chi connectivity index (χ2v) is 4.51. The summed E-state index contributed by atoms with van der Waals surface area (Å²) in [6, 6.07) is 9.93. The molecule has 1 N–H and O–H groups in total. The summed E-state index contributed by atoms with van der Waals surface area (Å²) in [6.07, 6.45) is 4.55. The third kappa shape index (κ3) is 2.18. The Hall–Kier alpha value is -1.97. The van der Waals surface area contributed by atoms with Gasteiger partial charge in [0.25, 0.3) is 0 Å². The minimum atomic E-state index is -0.503. The minimum absolute atomic E-state index is 0.212. The van der Waals surface area contributed by atoms with Crippen molar-refractivity contribution in [2.45, 2.75) is 25.3 Å². The molecule has 4 heteroatoms. The molecular formula is C14H14FN3. The lowest BCUT2D eigenvalue weighted by atomic mass is 9.88. The van der Waals surface area contributed by atoms with Crippen molar-refractivity contribution in [1.82, 2.24) is 9.97 Å². The van der Waals surface area contributed by atoms with E-state index in [-0.39, 0.29) is 6.04 Å². The number of aromatic nitrogens is 2. The molecule has 92 valence electrons. The number of aryl methyl sites for hydroxylation is 1. The van der Waals surface area contributed by atoms with E-state index in [9.17, 15) is 4.39 Å². The fourth-order valence-corrected chi connectivity index (χ4v) is 2.49. The van der Waals surface area contributed by atoms with Crippen molar-refractivity contribution in [2.75, 3.05) is 5.32 Å². The predicted molar refractivity (Wildman–Crippen MR) is 67.7 cm³/mol. The average molecular weight is 243 g/mol. The Morgan fingerprint density at radius 1 is 1.22 bits per heavy atom. The highest BCUT2D eigenvalue weighted by atomic mass is 19.1. The van der Waals surface area contributed by atoms with Crippen molar-refractivity contribution in [3.8, 4) is 0 Å². The Bertz CT molecular complexity index is 556. The van der Waals surface area contributed by atoms with E-state index >= 15 is 0 Å². The third-order valence-electron chi connectivity index (χ3n) is 3.33. The first-order chi connectivity index (χ1) is 8.83. The van der Waals surface area contributed by atoms with E-state index in [1.165, 1.54) is 23.5 Å². The van der Waals surface area contributed by atoms with Gasteiger partial charge in [0, 0.05) is 6.07 Å². The first kappa shape index (κ1) is 11.1. The van der Waals surface area contributed by atoms with Gasteiger partial charge in [-0.25, -0.2) is 9.97 Å². The van der Waals surface area contributed by atoms with Crippen molar-refractivity contribution in [2.24, 2.45) is 0 Å². The maximum absolute atomic E-state index is 13.0. The van der Waals surface area contributed by atoms with Crippen LogP contribution < -0.4 is 5.32 Å². The standard InChI is InChI=1S/C14H14FN3/c15-13-8-14(17-9-16-13)18-12-7-3-5-10-4-1-2-6-11(10)12/h1-2,4,6,8-9,12H,3,5,7H2,(H,16,17,18). The van der Waals surface area contributed by atoms with Gasteiger partial charge in [0.1, 0.15) is 12.1 Å². The van der Waals surface area contributed by atoms with Crippen LogP contribution in [0.5, 0.6) is 0 Å². The number of nitrogens with one attached hydrogen (secondary N) is 1. The second kappa shape index (κ2) is 4.72. The molecular weight excluding hydrogens is 229 g/mol. The summed E-state index contributed by atoms with van der Waals surface area (Å²) in [6.45, 7) is 0. The lowest BCUT2D eigenvalue weighted by Gasteiger charge is -2.26. The van der Waals surface area contributed by atoms with Crippen LogP contribution in [0.3, 0.4) is 0 Å². The summed E-state index contributed by atoms with van der Waals surface area (Å²) < 4.78 is 13.0. The van der Waals surface area contributed by atoms with Crippen LogP contribution in [0.15, 0.2) is 36.7 Å². The minimum Gasteiger partial charge on any atom is -0.363 e. The lowest BCUT2D eigenvalue weighted by Crippen LogP contribution is -2.18. The van der Waals surface area contributed by atoms with E-state index in [4.69, 9.17) is 0 Å². The Kier molecular flexibility index (Phi) is 2.92. The molecule has 3 rings (SSSR count). The molecule has 0 bridgehead atoms. The maximum Gasteiger partial charge on any atom is 0.217 e.